The molecule has 0 bridgehead atoms. The lowest BCUT2D eigenvalue weighted by atomic mass is 10.1. The van der Waals surface area contributed by atoms with Gasteiger partial charge in [-0.2, -0.15) is 4.31 Å². The Morgan fingerprint density at radius 3 is 2.30 bits per heavy atom. The number of hydrogen-bond donors (Lipinski definition) is 0. The lowest BCUT2D eigenvalue weighted by Crippen LogP contribution is -2.50. The van der Waals surface area contributed by atoms with Gasteiger partial charge in [0.25, 0.3) is 5.91 Å². The van der Waals surface area contributed by atoms with Crippen LogP contribution in [0.1, 0.15) is 10.4 Å². The van der Waals surface area contributed by atoms with Crippen molar-refractivity contribution in [3.05, 3.63) is 57.5 Å². The normalized spacial score (nSPS) is 15.6. The van der Waals surface area contributed by atoms with Crippen molar-refractivity contribution < 1.29 is 17.9 Å². The third-order valence-corrected chi connectivity index (χ3v) is 7.05. The van der Waals surface area contributed by atoms with Gasteiger partial charge in [-0.15, -0.1) is 0 Å². The number of piperazine rings is 1. The molecule has 0 aromatic heterocycles. The monoisotopic (exact) mass is 472 g/mol. The zero-order chi connectivity index (χ0) is 19.6. The van der Waals surface area contributed by atoms with Gasteiger partial charge < -0.3 is 9.64 Å². The van der Waals surface area contributed by atoms with Crippen LogP contribution in [0, 0.1) is 0 Å². The number of sulfonamides is 1. The molecular weight excluding hydrogens is 456 g/mol. The molecule has 1 aliphatic heterocycles. The van der Waals surface area contributed by atoms with E-state index in [4.69, 9.17) is 16.3 Å². The molecule has 0 N–H and O–H groups in total. The van der Waals surface area contributed by atoms with Crippen LogP contribution >= 0.6 is 27.5 Å². The van der Waals surface area contributed by atoms with E-state index in [9.17, 15) is 13.2 Å². The van der Waals surface area contributed by atoms with E-state index in [0.29, 0.717) is 29.4 Å². The van der Waals surface area contributed by atoms with Gasteiger partial charge in [0.05, 0.1) is 17.6 Å². The van der Waals surface area contributed by atoms with Crippen LogP contribution in [-0.4, -0.2) is 56.8 Å². The van der Waals surface area contributed by atoms with Crippen LogP contribution in [0.4, 0.5) is 0 Å². The minimum absolute atomic E-state index is 0.227. The van der Waals surface area contributed by atoms with E-state index < -0.39 is 10.0 Å². The molecule has 27 heavy (non-hydrogen) atoms. The number of benzene rings is 2. The van der Waals surface area contributed by atoms with Gasteiger partial charge in [-0.05, 0) is 42.5 Å². The van der Waals surface area contributed by atoms with Crippen LogP contribution in [0.2, 0.25) is 5.02 Å². The molecule has 0 spiro atoms. The average molecular weight is 474 g/mol. The largest absolute Gasteiger partial charge is 0.496 e. The molecule has 1 saturated heterocycles. The molecule has 6 nitrogen and oxygen atoms in total. The van der Waals surface area contributed by atoms with Gasteiger partial charge in [0.15, 0.2) is 0 Å². The van der Waals surface area contributed by atoms with Crippen LogP contribution in [0.15, 0.2) is 51.8 Å². The summed E-state index contributed by atoms with van der Waals surface area (Å²) in [7, 11) is -2.09. The molecule has 1 heterocycles. The predicted octanol–water partition coefficient (Wildman–Crippen LogP) is 3.26. The molecule has 9 heteroatoms. The Balaban J connectivity index is 1.73. The zero-order valence-corrected chi connectivity index (χ0v) is 17.7. The van der Waals surface area contributed by atoms with Crippen LogP contribution < -0.4 is 4.74 Å². The first-order valence-corrected chi connectivity index (χ1v) is 10.8. The second kappa shape index (κ2) is 8.18. The Bertz CT molecular complexity index is 942. The van der Waals surface area contributed by atoms with Crippen molar-refractivity contribution in [3.8, 4) is 5.75 Å². The highest BCUT2D eigenvalue weighted by Crippen LogP contribution is 2.25. The van der Waals surface area contributed by atoms with Crippen molar-refractivity contribution in [2.45, 2.75) is 4.90 Å². The first kappa shape index (κ1) is 20.1. The van der Waals surface area contributed by atoms with Crippen molar-refractivity contribution in [1.82, 2.24) is 9.21 Å². The Morgan fingerprint density at radius 2 is 1.70 bits per heavy atom. The van der Waals surface area contributed by atoms with Crippen molar-refractivity contribution in [3.63, 3.8) is 0 Å². The van der Waals surface area contributed by atoms with E-state index in [0.717, 1.165) is 4.47 Å². The minimum atomic E-state index is -3.58. The number of nitrogens with zero attached hydrogens (tertiary/aromatic N) is 2. The molecule has 0 saturated carbocycles. The SMILES string of the molecule is COc1ccc(Cl)cc1C(=O)N1CCN(S(=O)(=O)c2ccc(Br)cc2)CC1. The number of rotatable bonds is 4. The fourth-order valence-electron chi connectivity index (χ4n) is 2.90. The van der Waals surface area contributed by atoms with Crippen molar-refractivity contribution in [2.75, 3.05) is 33.3 Å². The fraction of sp³-hybridized carbons (Fsp3) is 0.278. The van der Waals surface area contributed by atoms with Gasteiger partial charge in [-0.25, -0.2) is 8.42 Å². The standard InChI is InChI=1S/C18H18BrClN2O4S/c1-26-17-7-4-14(20)12-16(17)18(23)21-8-10-22(11-9-21)27(24,25)15-5-2-13(19)3-6-15/h2-7,12H,8-11H2,1H3. The van der Waals surface area contributed by atoms with Crippen molar-refractivity contribution >= 4 is 43.5 Å². The minimum Gasteiger partial charge on any atom is -0.496 e. The molecule has 0 atom stereocenters. The molecule has 1 amide bonds. The van der Waals surface area contributed by atoms with Gasteiger partial charge >= 0.3 is 0 Å². The smallest absolute Gasteiger partial charge is 0.257 e. The van der Waals surface area contributed by atoms with Crippen LogP contribution in [0.3, 0.4) is 0 Å². The van der Waals surface area contributed by atoms with Gasteiger partial charge in [-0.3, -0.25) is 4.79 Å². The van der Waals surface area contributed by atoms with E-state index in [2.05, 4.69) is 15.9 Å². The Hall–Kier alpha value is -1.61. The van der Waals surface area contributed by atoms with Gasteiger partial charge in [0, 0.05) is 35.7 Å². The molecule has 0 radical (unpaired) electrons. The van der Waals surface area contributed by atoms with Gasteiger partial charge in [0.1, 0.15) is 5.75 Å². The number of halogens is 2. The van der Waals surface area contributed by atoms with E-state index in [1.807, 2.05) is 0 Å². The molecule has 2 aromatic rings. The highest BCUT2D eigenvalue weighted by molar-refractivity contribution is 9.10. The summed E-state index contributed by atoms with van der Waals surface area (Å²) >= 11 is 9.30. The van der Waals surface area contributed by atoms with Crippen LogP contribution in [-0.2, 0) is 10.0 Å². The Labute approximate surface area is 171 Å². The third kappa shape index (κ3) is 4.29. The quantitative estimate of drug-likeness (QED) is 0.684. The Kier molecular flexibility index (Phi) is 6.10. The van der Waals surface area contributed by atoms with E-state index in [1.54, 1.807) is 47.4 Å². The Morgan fingerprint density at radius 1 is 1.07 bits per heavy atom. The van der Waals surface area contributed by atoms with Gasteiger partial charge in [0.2, 0.25) is 10.0 Å². The topological polar surface area (TPSA) is 66.9 Å². The molecular formula is C18H18BrClN2O4S. The summed E-state index contributed by atoms with van der Waals surface area (Å²) < 4.78 is 33.0. The average Bonchev–Trinajstić information content (AvgIpc) is 2.68. The summed E-state index contributed by atoms with van der Waals surface area (Å²) in [4.78, 5) is 14.7. The summed E-state index contributed by atoms with van der Waals surface area (Å²) in [5, 5.41) is 0.440. The number of carbonyl (C=O) groups excluding carboxylic acids is 1. The first-order chi connectivity index (χ1) is 12.8. The maximum atomic E-state index is 12.8. The van der Waals surface area contributed by atoms with E-state index in [1.165, 1.54) is 11.4 Å². The van der Waals surface area contributed by atoms with E-state index in [-0.39, 0.29) is 23.9 Å². The predicted molar refractivity (Wildman–Crippen MR) is 107 cm³/mol. The van der Waals surface area contributed by atoms with Crippen LogP contribution in [0.25, 0.3) is 0 Å². The number of amides is 1. The molecule has 3 rings (SSSR count). The first-order valence-electron chi connectivity index (χ1n) is 8.21. The maximum absolute atomic E-state index is 12.8. The highest BCUT2D eigenvalue weighted by atomic mass is 79.9. The fourth-order valence-corrected chi connectivity index (χ4v) is 4.76. The second-order valence-corrected chi connectivity index (χ2v) is 9.28. The molecule has 1 fully saturated rings. The lowest BCUT2D eigenvalue weighted by molar-refractivity contribution is 0.0694. The van der Waals surface area contributed by atoms with Crippen LogP contribution in [0.5, 0.6) is 5.75 Å². The maximum Gasteiger partial charge on any atom is 0.257 e. The summed E-state index contributed by atoms with van der Waals surface area (Å²) in [5.41, 5.74) is 0.370. The summed E-state index contributed by atoms with van der Waals surface area (Å²) in [5.74, 6) is 0.212. The molecule has 144 valence electrons. The second-order valence-electron chi connectivity index (χ2n) is 5.99. The summed E-state index contributed by atoms with van der Waals surface area (Å²) in [6.45, 7) is 1.05. The molecule has 2 aromatic carbocycles. The van der Waals surface area contributed by atoms with Crippen molar-refractivity contribution in [2.24, 2.45) is 0 Å². The number of ether oxygens (including phenoxy) is 1. The highest BCUT2D eigenvalue weighted by Gasteiger charge is 2.31. The summed E-state index contributed by atoms with van der Waals surface area (Å²) in [6, 6.07) is 11.4. The number of methoxy groups -OCH3 is 1. The third-order valence-electron chi connectivity index (χ3n) is 4.37. The zero-order valence-electron chi connectivity index (χ0n) is 14.6. The van der Waals surface area contributed by atoms with E-state index >= 15 is 0 Å². The summed E-state index contributed by atoms with van der Waals surface area (Å²) in [6.07, 6.45) is 0. The lowest BCUT2D eigenvalue weighted by Gasteiger charge is -2.34. The van der Waals surface area contributed by atoms with Crippen molar-refractivity contribution in [1.29, 1.82) is 0 Å². The molecule has 0 unspecified atom stereocenters. The van der Waals surface area contributed by atoms with Gasteiger partial charge in [-0.1, -0.05) is 27.5 Å². The molecule has 0 aliphatic carbocycles. The number of carbonyl (C=O) groups is 1. The molecule has 1 aliphatic rings. The number of hydrogen-bond acceptors (Lipinski definition) is 4.